The molecule has 0 saturated carbocycles. The van der Waals surface area contributed by atoms with E-state index in [0.29, 0.717) is 17.3 Å². The van der Waals surface area contributed by atoms with Crippen LogP contribution in [0.25, 0.3) is 0 Å². The quantitative estimate of drug-likeness (QED) is 0.827. The third-order valence-corrected chi connectivity index (χ3v) is 3.00. The van der Waals surface area contributed by atoms with Crippen LogP contribution in [0.4, 0.5) is 0 Å². The Hall–Kier alpha value is -1.82. The highest BCUT2D eigenvalue weighted by molar-refractivity contribution is 8.15. The topological polar surface area (TPSA) is 91.7 Å². The van der Waals surface area contributed by atoms with E-state index in [1.807, 2.05) is 0 Å². The SMILES string of the molecule is O=C(O)C[C@@H](SC(=O)c1ccccc1)C(=O)O. The van der Waals surface area contributed by atoms with Gasteiger partial charge in [0.2, 0.25) is 5.12 Å². The van der Waals surface area contributed by atoms with Crippen molar-refractivity contribution in [1.82, 2.24) is 0 Å². The molecule has 0 saturated heterocycles. The molecule has 1 aromatic rings. The van der Waals surface area contributed by atoms with Gasteiger partial charge < -0.3 is 10.2 Å². The Morgan fingerprint density at radius 1 is 1.12 bits per heavy atom. The zero-order valence-electron chi connectivity index (χ0n) is 8.70. The number of hydrogen-bond donors (Lipinski definition) is 2. The van der Waals surface area contributed by atoms with Crippen molar-refractivity contribution >= 4 is 28.8 Å². The minimum Gasteiger partial charge on any atom is -0.481 e. The summed E-state index contributed by atoms with van der Waals surface area (Å²) in [4.78, 5) is 32.9. The first-order chi connectivity index (χ1) is 8.00. The van der Waals surface area contributed by atoms with Crippen LogP contribution in [0.15, 0.2) is 30.3 Å². The Kier molecular flexibility index (Phi) is 4.71. The van der Waals surface area contributed by atoms with Gasteiger partial charge in [-0.2, -0.15) is 0 Å². The molecule has 2 N–H and O–H groups in total. The lowest BCUT2D eigenvalue weighted by Gasteiger charge is -2.08. The molecule has 0 aliphatic carbocycles. The lowest BCUT2D eigenvalue weighted by molar-refractivity contribution is -0.142. The molecule has 0 amide bonds. The lowest BCUT2D eigenvalue weighted by atomic mass is 10.2. The van der Waals surface area contributed by atoms with Crippen LogP contribution in [0.2, 0.25) is 0 Å². The van der Waals surface area contributed by atoms with Crippen LogP contribution in [-0.4, -0.2) is 32.5 Å². The monoisotopic (exact) mass is 254 g/mol. The zero-order valence-corrected chi connectivity index (χ0v) is 9.52. The van der Waals surface area contributed by atoms with Gasteiger partial charge in [0.05, 0.1) is 6.42 Å². The summed E-state index contributed by atoms with van der Waals surface area (Å²) < 4.78 is 0. The molecule has 1 rings (SSSR count). The van der Waals surface area contributed by atoms with Crippen molar-refractivity contribution in [2.75, 3.05) is 0 Å². The van der Waals surface area contributed by atoms with Gasteiger partial charge in [-0.25, -0.2) is 0 Å². The van der Waals surface area contributed by atoms with Crippen LogP contribution in [0.3, 0.4) is 0 Å². The molecule has 0 aliphatic heterocycles. The summed E-state index contributed by atoms with van der Waals surface area (Å²) in [5.74, 6) is -2.55. The molecule has 17 heavy (non-hydrogen) atoms. The van der Waals surface area contributed by atoms with Crippen molar-refractivity contribution in [2.45, 2.75) is 11.7 Å². The highest BCUT2D eigenvalue weighted by Gasteiger charge is 2.25. The van der Waals surface area contributed by atoms with Crippen molar-refractivity contribution in [2.24, 2.45) is 0 Å². The van der Waals surface area contributed by atoms with E-state index < -0.39 is 28.7 Å². The molecule has 0 spiro atoms. The second kappa shape index (κ2) is 6.05. The van der Waals surface area contributed by atoms with E-state index in [-0.39, 0.29) is 0 Å². The van der Waals surface area contributed by atoms with Crippen LogP contribution < -0.4 is 0 Å². The van der Waals surface area contributed by atoms with Gasteiger partial charge in [0.15, 0.2) is 0 Å². The Morgan fingerprint density at radius 2 is 1.71 bits per heavy atom. The number of rotatable bonds is 5. The fourth-order valence-electron chi connectivity index (χ4n) is 1.11. The van der Waals surface area contributed by atoms with E-state index >= 15 is 0 Å². The number of aliphatic carboxylic acids is 2. The van der Waals surface area contributed by atoms with E-state index in [4.69, 9.17) is 10.2 Å². The van der Waals surface area contributed by atoms with E-state index in [1.54, 1.807) is 30.3 Å². The minimum absolute atomic E-state index is 0.356. The fourth-order valence-corrected chi connectivity index (χ4v) is 1.97. The molecule has 1 aromatic carbocycles. The molecule has 0 aromatic heterocycles. The largest absolute Gasteiger partial charge is 0.481 e. The van der Waals surface area contributed by atoms with Gasteiger partial charge in [-0.05, 0) is 0 Å². The summed E-state index contributed by atoms with van der Waals surface area (Å²) in [7, 11) is 0. The van der Waals surface area contributed by atoms with Gasteiger partial charge in [-0.1, -0.05) is 42.1 Å². The smallest absolute Gasteiger partial charge is 0.317 e. The second-order valence-electron chi connectivity index (χ2n) is 3.20. The summed E-state index contributed by atoms with van der Waals surface area (Å²) in [6, 6.07) is 8.14. The van der Waals surface area contributed by atoms with Crippen LogP contribution >= 0.6 is 11.8 Å². The third-order valence-electron chi connectivity index (χ3n) is 1.89. The average Bonchev–Trinajstić information content (AvgIpc) is 2.28. The van der Waals surface area contributed by atoms with Crippen LogP contribution in [0.5, 0.6) is 0 Å². The summed E-state index contributed by atoms with van der Waals surface area (Å²) >= 11 is 0.515. The number of carboxylic acids is 2. The fraction of sp³-hybridized carbons (Fsp3) is 0.182. The summed E-state index contributed by atoms with van der Waals surface area (Å²) in [5.41, 5.74) is 0.356. The molecule has 0 heterocycles. The number of hydrogen-bond acceptors (Lipinski definition) is 4. The molecule has 0 bridgehead atoms. The van der Waals surface area contributed by atoms with Crippen molar-refractivity contribution in [3.05, 3.63) is 35.9 Å². The van der Waals surface area contributed by atoms with Crippen molar-refractivity contribution in [1.29, 1.82) is 0 Å². The third kappa shape index (κ3) is 4.28. The summed E-state index contributed by atoms with van der Waals surface area (Å²) in [6.07, 6.45) is -0.585. The molecule has 0 radical (unpaired) electrons. The molecular formula is C11H10O5S. The van der Waals surface area contributed by atoms with Crippen LogP contribution in [0, 0.1) is 0 Å². The van der Waals surface area contributed by atoms with E-state index in [9.17, 15) is 14.4 Å². The zero-order chi connectivity index (χ0) is 12.8. The van der Waals surface area contributed by atoms with Gasteiger partial charge >= 0.3 is 11.9 Å². The van der Waals surface area contributed by atoms with Crippen molar-refractivity contribution in [3.63, 3.8) is 0 Å². The first kappa shape index (κ1) is 13.2. The Labute approximate surface area is 101 Å². The number of benzene rings is 1. The van der Waals surface area contributed by atoms with Gasteiger partial charge in [0.25, 0.3) is 0 Å². The predicted octanol–water partition coefficient (Wildman–Crippen LogP) is 1.49. The second-order valence-corrected chi connectivity index (χ2v) is 4.37. The average molecular weight is 254 g/mol. The molecule has 1 atom stereocenters. The molecule has 0 unspecified atom stereocenters. The number of carbonyl (C=O) groups is 3. The van der Waals surface area contributed by atoms with Crippen molar-refractivity contribution < 1.29 is 24.6 Å². The molecule has 0 fully saturated rings. The van der Waals surface area contributed by atoms with E-state index in [2.05, 4.69) is 0 Å². The first-order valence-electron chi connectivity index (χ1n) is 4.71. The summed E-state index contributed by atoms with van der Waals surface area (Å²) in [6.45, 7) is 0. The minimum atomic E-state index is -1.30. The Morgan fingerprint density at radius 3 is 2.18 bits per heavy atom. The maximum Gasteiger partial charge on any atom is 0.317 e. The van der Waals surface area contributed by atoms with E-state index in [1.165, 1.54) is 0 Å². The molecule has 0 aliphatic rings. The maximum atomic E-state index is 11.6. The maximum absolute atomic E-state index is 11.6. The van der Waals surface area contributed by atoms with Gasteiger partial charge in [-0.15, -0.1) is 0 Å². The molecular weight excluding hydrogens is 244 g/mol. The Balaban J connectivity index is 2.71. The predicted molar refractivity (Wildman–Crippen MR) is 62.0 cm³/mol. The van der Waals surface area contributed by atoms with E-state index in [0.717, 1.165) is 0 Å². The summed E-state index contributed by atoms with van der Waals surface area (Å²) in [5, 5.41) is 15.6. The number of carboxylic acid groups (broad SMARTS) is 2. The standard InChI is InChI=1S/C11H10O5S/c12-9(13)6-8(10(14)15)17-11(16)7-4-2-1-3-5-7/h1-5,8H,6H2,(H,12,13)(H,14,15)/t8-/m1/s1. The van der Waals surface area contributed by atoms with Crippen molar-refractivity contribution in [3.8, 4) is 0 Å². The first-order valence-corrected chi connectivity index (χ1v) is 5.59. The number of thioether (sulfide) groups is 1. The molecule has 5 nitrogen and oxygen atoms in total. The molecule has 90 valence electrons. The highest BCUT2D eigenvalue weighted by Crippen LogP contribution is 2.20. The van der Waals surface area contributed by atoms with Crippen LogP contribution in [-0.2, 0) is 9.59 Å². The van der Waals surface area contributed by atoms with Gasteiger partial charge in [0.1, 0.15) is 5.25 Å². The highest BCUT2D eigenvalue weighted by atomic mass is 32.2. The van der Waals surface area contributed by atoms with Gasteiger partial charge in [-0.3, -0.25) is 14.4 Å². The molecule has 6 heteroatoms. The van der Waals surface area contributed by atoms with Gasteiger partial charge in [0, 0.05) is 5.56 Å². The number of carbonyl (C=O) groups excluding carboxylic acids is 1. The normalized spacial score (nSPS) is 11.8. The Bertz CT molecular complexity index is 429. The lowest BCUT2D eigenvalue weighted by Crippen LogP contribution is -2.22. The van der Waals surface area contributed by atoms with Crippen LogP contribution in [0.1, 0.15) is 16.8 Å².